The molecule has 0 aliphatic heterocycles. The van der Waals surface area contributed by atoms with E-state index in [9.17, 15) is 9.59 Å². The van der Waals surface area contributed by atoms with Gasteiger partial charge in [-0.3, -0.25) is 10.1 Å². The van der Waals surface area contributed by atoms with Gasteiger partial charge in [-0.2, -0.15) is 0 Å². The number of nitrogens with two attached hydrogens (primary N) is 1. The summed E-state index contributed by atoms with van der Waals surface area (Å²) in [5, 5.41) is 2.63. The molecule has 1 aromatic carbocycles. The first-order valence-electron chi connectivity index (χ1n) is 4.62. The van der Waals surface area contributed by atoms with E-state index < -0.39 is 18.0 Å². The molecule has 1 aromatic rings. The van der Waals surface area contributed by atoms with E-state index in [0.717, 1.165) is 0 Å². The molecule has 5 nitrogen and oxygen atoms in total. The number of carbonyl (C=O) groups is 2. The number of benzene rings is 1. The van der Waals surface area contributed by atoms with Gasteiger partial charge in [0.05, 0.1) is 5.02 Å². The van der Waals surface area contributed by atoms with Crippen molar-refractivity contribution in [1.29, 1.82) is 0 Å². The van der Waals surface area contributed by atoms with E-state index in [1.54, 1.807) is 6.07 Å². The molecule has 3 amide bonds. The maximum absolute atomic E-state index is 11.3. The average molecular weight is 277 g/mol. The van der Waals surface area contributed by atoms with E-state index in [0.29, 0.717) is 10.8 Å². The van der Waals surface area contributed by atoms with Crippen LogP contribution in [0.4, 0.5) is 4.79 Å². The fraction of sp³-hybridized carbons (Fsp3) is 0.200. The Morgan fingerprint density at radius 1 is 1.41 bits per heavy atom. The number of rotatable bonds is 3. The topological polar surface area (TPSA) is 81.4 Å². The minimum Gasteiger partial charge on any atom is -0.479 e. The third-order valence-corrected chi connectivity index (χ3v) is 2.34. The summed E-state index contributed by atoms with van der Waals surface area (Å²) in [6.45, 7) is 1.46. The lowest BCUT2D eigenvalue weighted by atomic mass is 10.3. The van der Waals surface area contributed by atoms with Crippen LogP contribution in [0.5, 0.6) is 5.75 Å². The van der Waals surface area contributed by atoms with Crippen LogP contribution in [-0.4, -0.2) is 18.0 Å². The molecule has 0 aromatic heterocycles. The predicted octanol–water partition coefficient (Wildman–Crippen LogP) is 1.96. The van der Waals surface area contributed by atoms with E-state index in [4.69, 9.17) is 33.7 Å². The summed E-state index contributed by atoms with van der Waals surface area (Å²) in [4.78, 5) is 21.8. The summed E-state index contributed by atoms with van der Waals surface area (Å²) < 4.78 is 5.25. The normalized spacial score (nSPS) is 11.7. The van der Waals surface area contributed by atoms with Crippen molar-refractivity contribution in [3.05, 3.63) is 28.2 Å². The maximum atomic E-state index is 11.3. The number of urea groups is 1. The van der Waals surface area contributed by atoms with Crippen molar-refractivity contribution in [2.24, 2.45) is 5.73 Å². The van der Waals surface area contributed by atoms with Crippen molar-refractivity contribution < 1.29 is 14.3 Å². The molecule has 7 heteroatoms. The largest absolute Gasteiger partial charge is 0.479 e. The monoisotopic (exact) mass is 276 g/mol. The fourth-order valence-corrected chi connectivity index (χ4v) is 1.49. The SMILES string of the molecule is CC(Oc1ccc(Cl)cc1Cl)C(=O)NC(N)=O. The molecule has 0 radical (unpaired) electrons. The van der Waals surface area contributed by atoms with E-state index in [1.807, 2.05) is 5.32 Å². The lowest BCUT2D eigenvalue weighted by Gasteiger charge is -2.14. The molecule has 0 aliphatic carbocycles. The molecule has 0 spiro atoms. The van der Waals surface area contributed by atoms with Gasteiger partial charge in [-0.25, -0.2) is 4.79 Å². The summed E-state index contributed by atoms with van der Waals surface area (Å²) in [5.74, 6) is -0.355. The molecule has 1 atom stereocenters. The van der Waals surface area contributed by atoms with Gasteiger partial charge in [0.15, 0.2) is 6.10 Å². The van der Waals surface area contributed by atoms with Gasteiger partial charge < -0.3 is 10.5 Å². The zero-order valence-electron chi connectivity index (χ0n) is 8.87. The predicted molar refractivity (Wildman–Crippen MR) is 64.3 cm³/mol. The number of carbonyl (C=O) groups excluding carboxylic acids is 2. The number of nitrogens with one attached hydrogen (secondary N) is 1. The first-order valence-corrected chi connectivity index (χ1v) is 5.37. The zero-order chi connectivity index (χ0) is 13.0. The van der Waals surface area contributed by atoms with Crippen LogP contribution in [-0.2, 0) is 4.79 Å². The molecule has 0 aliphatic rings. The second-order valence-electron chi connectivity index (χ2n) is 3.19. The van der Waals surface area contributed by atoms with E-state index in [-0.39, 0.29) is 5.02 Å². The molecule has 1 rings (SSSR count). The maximum Gasteiger partial charge on any atom is 0.318 e. The summed E-state index contributed by atoms with van der Waals surface area (Å²) in [6.07, 6.45) is -0.902. The van der Waals surface area contributed by atoms with Crippen LogP contribution in [0.1, 0.15) is 6.92 Å². The molecule has 17 heavy (non-hydrogen) atoms. The molecule has 0 saturated carbocycles. The third kappa shape index (κ3) is 4.13. The van der Waals surface area contributed by atoms with Gasteiger partial charge in [-0.1, -0.05) is 23.2 Å². The van der Waals surface area contributed by atoms with Crippen molar-refractivity contribution in [3.8, 4) is 5.75 Å². The lowest BCUT2D eigenvalue weighted by Crippen LogP contribution is -2.42. The molecule has 0 heterocycles. The molecule has 0 fully saturated rings. The highest BCUT2D eigenvalue weighted by Crippen LogP contribution is 2.28. The van der Waals surface area contributed by atoms with Crippen LogP contribution in [0.15, 0.2) is 18.2 Å². The van der Waals surface area contributed by atoms with Gasteiger partial charge in [-0.05, 0) is 25.1 Å². The van der Waals surface area contributed by atoms with Crippen LogP contribution >= 0.6 is 23.2 Å². The van der Waals surface area contributed by atoms with E-state index in [1.165, 1.54) is 19.1 Å². The lowest BCUT2D eigenvalue weighted by molar-refractivity contribution is -0.126. The fourth-order valence-electron chi connectivity index (χ4n) is 1.04. The minimum absolute atomic E-state index is 0.274. The highest BCUT2D eigenvalue weighted by molar-refractivity contribution is 6.35. The Balaban J connectivity index is 2.70. The van der Waals surface area contributed by atoms with Gasteiger partial charge >= 0.3 is 6.03 Å². The van der Waals surface area contributed by atoms with Crippen LogP contribution in [0.2, 0.25) is 10.0 Å². The van der Waals surface area contributed by atoms with Gasteiger partial charge in [0, 0.05) is 5.02 Å². The number of ether oxygens (including phenoxy) is 1. The molecule has 1 unspecified atom stereocenters. The Bertz CT molecular complexity index is 451. The van der Waals surface area contributed by atoms with Crippen molar-refractivity contribution in [2.45, 2.75) is 13.0 Å². The highest BCUT2D eigenvalue weighted by Gasteiger charge is 2.17. The number of imide groups is 1. The molecule has 0 bridgehead atoms. The quantitative estimate of drug-likeness (QED) is 0.886. The standard InChI is InChI=1S/C10H10Cl2N2O3/c1-5(9(15)14-10(13)16)17-8-3-2-6(11)4-7(8)12/h2-5H,1H3,(H3,13,14,15,16). The van der Waals surface area contributed by atoms with Crippen molar-refractivity contribution in [3.63, 3.8) is 0 Å². The van der Waals surface area contributed by atoms with Gasteiger partial charge in [0.1, 0.15) is 5.75 Å². The Kier molecular flexibility index (Phi) is 4.60. The summed E-state index contributed by atoms with van der Waals surface area (Å²) in [7, 11) is 0. The van der Waals surface area contributed by atoms with Gasteiger partial charge in [0.2, 0.25) is 0 Å². The summed E-state index contributed by atoms with van der Waals surface area (Å²) >= 11 is 11.6. The second kappa shape index (κ2) is 5.75. The van der Waals surface area contributed by atoms with Crippen molar-refractivity contribution >= 4 is 35.1 Å². The van der Waals surface area contributed by atoms with Crippen LogP contribution < -0.4 is 15.8 Å². The number of amides is 3. The summed E-state index contributed by atoms with van der Waals surface area (Å²) in [5.41, 5.74) is 4.80. The smallest absolute Gasteiger partial charge is 0.318 e. The Hall–Kier alpha value is -1.46. The van der Waals surface area contributed by atoms with E-state index in [2.05, 4.69) is 0 Å². The molecular weight excluding hydrogens is 267 g/mol. The Morgan fingerprint density at radius 3 is 2.59 bits per heavy atom. The van der Waals surface area contributed by atoms with E-state index >= 15 is 0 Å². The molecule has 0 saturated heterocycles. The van der Waals surface area contributed by atoms with Gasteiger partial charge in [0.25, 0.3) is 5.91 Å². The Labute approximate surface area is 108 Å². The number of primary amides is 1. The van der Waals surface area contributed by atoms with Crippen molar-refractivity contribution in [1.82, 2.24) is 5.32 Å². The molecular formula is C10H10Cl2N2O3. The Morgan fingerprint density at radius 2 is 2.06 bits per heavy atom. The molecule has 92 valence electrons. The summed E-state index contributed by atoms with van der Waals surface area (Å²) in [6, 6.07) is 3.64. The zero-order valence-corrected chi connectivity index (χ0v) is 10.4. The number of hydrogen-bond acceptors (Lipinski definition) is 3. The minimum atomic E-state index is -0.937. The second-order valence-corrected chi connectivity index (χ2v) is 4.03. The van der Waals surface area contributed by atoms with Crippen LogP contribution in [0.25, 0.3) is 0 Å². The van der Waals surface area contributed by atoms with Crippen LogP contribution in [0, 0.1) is 0 Å². The average Bonchev–Trinajstić information content (AvgIpc) is 2.21. The molecule has 3 N–H and O–H groups in total. The number of hydrogen-bond donors (Lipinski definition) is 2. The first kappa shape index (κ1) is 13.6. The van der Waals surface area contributed by atoms with Crippen molar-refractivity contribution in [2.75, 3.05) is 0 Å². The highest BCUT2D eigenvalue weighted by atomic mass is 35.5. The van der Waals surface area contributed by atoms with Crippen LogP contribution in [0.3, 0.4) is 0 Å². The third-order valence-electron chi connectivity index (χ3n) is 1.81. The first-order chi connectivity index (χ1) is 7.90. The number of halogens is 2. The van der Waals surface area contributed by atoms with Gasteiger partial charge in [-0.15, -0.1) is 0 Å².